The van der Waals surface area contributed by atoms with E-state index in [1.54, 1.807) is 11.8 Å². The van der Waals surface area contributed by atoms with Crippen LogP contribution in [0.15, 0.2) is 18.2 Å². The lowest BCUT2D eigenvalue weighted by Crippen LogP contribution is -2.33. The van der Waals surface area contributed by atoms with Crippen molar-refractivity contribution >= 4 is 5.91 Å². The van der Waals surface area contributed by atoms with Crippen molar-refractivity contribution in [2.24, 2.45) is 7.05 Å². The summed E-state index contributed by atoms with van der Waals surface area (Å²) in [7, 11) is 3.43. The van der Waals surface area contributed by atoms with Gasteiger partial charge in [0.1, 0.15) is 11.6 Å². The molecule has 1 aliphatic heterocycles. The molecule has 3 rings (SSSR count). The molecule has 0 atom stereocenters. The highest BCUT2D eigenvalue weighted by atomic mass is 19.1. The van der Waals surface area contributed by atoms with Crippen LogP contribution in [0.25, 0.3) is 0 Å². The van der Waals surface area contributed by atoms with E-state index in [1.165, 1.54) is 18.2 Å². The zero-order valence-corrected chi connectivity index (χ0v) is 15.6. The van der Waals surface area contributed by atoms with E-state index in [2.05, 4.69) is 10.4 Å². The summed E-state index contributed by atoms with van der Waals surface area (Å²) in [6, 6.07) is 3.88. The Morgan fingerprint density at radius 3 is 2.78 bits per heavy atom. The molecule has 146 valence electrons. The number of aryl methyl sites for hydroxylation is 1. The summed E-state index contributed by atoms with van der Waals surface area (Å²) in [6.45, 7) is 2.31. The lowest BCUT2D eigenvalue weighted by atomic mass is 10.0. The minimum absolute atomic E-state index is 0.0513. The number of rotatable bonds is 7. The summed E-state index contributed by atoms with van der Waals surface area (Å²) in [4.78, 5) is 14.4. The van der Waals surface area contributed by atoms with Gasteiger partial charge in [0.2, 0.25) is 0 Å². The molecule has 0 unspecified atom stereocenters. The fraction of sp³-hybridized carbons (Fsp3) is 0.474. The van der Waals surface area contributed by atoms with Crippen molar-refractivity contribution in [2.45, 2.75) is 25.9 Å². The van der Waals surface area contributed by atoms with E-state index >= 15 is 0 Å². The van der Waals surface area contributed by atoms with Crippen molar-refractivity contribution in [2.75, 3.05) is 26.8 Å². The summed E-state index contributed by atoms with van der Waals surface area (Å²) in [5.41, 5.74) is 2.24. The minimum Gasteiger partial charge on any atom is -0.385 e. The lowest BCUT2D eigenvalue weighted by molar-refractivity contribution is 0.0940. The van der Waals surface area contributed by atoms with Gasteiger partial charge in [0, 0.05) is 70.2 Å². The van der Waals surface area contributed by atoms with Crippen LogP contribution >= 0.6 is 0 Å². The van der Waals surface area contributed by atoms with Gasteiger partial charge in [-0.05, 0) is 18.6 Å². The number of aromatic nitrogens is 2. The molecule has 0 fully saturated rings. The highest BCUT2D eigenvalue weighted by Gasteiger charge is 2.27. The second kappa shape index (κ2) is 8.58. The third-order valence-electron chi connectivity index (χ3n) is 4.79. The quantitative estimate of drug-likeness (QED) is 0.749. The standard InChI is InChI=1S/C19H24F2N4O2/c1-24-17-7-9-25(11-13-15(20)5-3-6-16(13)21)12-14(17)18(23-24)19(26)22-8-4-10-27-2/h3,5-6H,4,7-12H2,1-2H3,(H,22,26). The van der Waals surface area contributed by atoms with Crippen molar-refractivity contribution in [3.05, 3.63) is 52.3 Å². The number of carbonyl (C=O) groups is 1. The molecule has 8 heteroatoms. The first-order valence-electron chi connectivity index (χ1n) is 8.98. The highest BCUT2D eigenvalue weighted by Crippen LogP contribution is 2.24. The van der Waals surface area contributed by atoms with Gasteiger partial charge in [0.05, 0.1) is 0 Å². The first-order valence-corrected chi connectivity index (χ1v) is 8.98. The van der Waals surface area contributed by atoms with Crippen molar-refractivity contribution in [3.8, 4) is 0 Å². The molecule has 6 nitrogen and oxygen atoms in total. The fourth-order valence-electron chi connectivity index (χ4n) is 3.37. The van der Waals surface area contributed by atoms with Crippen LogP contribution in [0.1, 0.15) is 33.7 Å². The molecule has 0 saturated carbocycles. The normalized spacial score (nSPS) is 14.2. The molecule has 0 aliphatic carbocycles. The zero-order chi connectivity index (χ0) is 19.4. The Morgan fingerprint density at radius 1 is 1.33 bits per heavy atom. The Morgan fingerprint density at radius 2 is 2.07 bits per heavy atom. The topological polar surface area (TPSA) is 59.4 Å². The Hall–Kier alpha value is -2.32. The van der Waals surface area contributed by atoms with Crippen molar-refractivity contribution < 1.29 is 18.3 Å². The first kappa shape index (κ1) is 19.4. The van der Waals surface area contributed by atoms with E-state index in [-0.39, 0.29) is 18.0 Å². The summed E-state index contributed by atoms with van der Waals surface area (Å²) < 4.78 is 34.6. The second-order valence-electron chi connectivity index (χ2n) is 6.66. The Bertz CT molecular complexity index is 802. The van der Waals surface area contributed by atoms with Crippen LogP contribution in [0, 0.1) is 11.6 Å². The van der Waals surface area contributed by atoms with Gasteiger partial charge < -0.3 is 10.1 Å². The maximum Gasteiger partial charge on any atom is 0.272 e. The number of fused-ring (bicyclic) bond motifs is 1. The van der Waals surface area contributed by atoms with Gasteiger partial charge in [-0.15, -0.1) is 0 Å². The van der Waals surface area contributed by atoms with Crippen molar-refractivity contribution in [1.82, 2.24) is 20.0 Å². The number of halogens is 2. The average molecular weight is 378 g/mol. The monoisotopic (exact) mass is 378 g/mol. The second-order valence-corrected chi connectivity index (χ2v) is 6.66. The zero-order valence-electron chi connectivity index (χ0n) is 15.6. The Kier molecular flexibility index (Phi) is 6.18. The van der Waals surface area contributed by atoms with Crippen LogP contribution in [0.3, 0.4) is 0 Å². The molecule has 0 radical (unpaired) electrons. The molecule has 1 aromatic carbocycles. The summed E-state index contributed by atoms with van der Waals surface area (Å²) in [5.74, 6) is -1.34. The number of methoxy groups -OCH3 is 1. The van der Waals surface area contributed by atoms with Gasteiger partial charge in [-0.1, -0.05) is 6.07 Å². The van der Waals surface area contributed by atoms with Crippen LogP contribution in [-0.4, -0.2) is 47.4 Å². The van der Waals surface area contributed by atoms with Crippen LogP contribution in [0.2, 0.25) is 0 Å². The number of nitrogens with zero attached hydrogens (tertiary/aromatic N) is 3. The molecule has 1 aromatic heterocycles. The molecular weight excluding hydrogens is 354 g/mol. The van der Waals surface area contributed by atoms with Crippen LogP contribution in [0.4, 0.5) is 8.78 Å². The first-order chi connectivity index (χ1) is 13.0. The molecule has 0 spiro atoms. The average Bonchev–Trinajstić information content (AvgIpc) is 2.98. The number of amides is 1. The number of hydrogen-bond donors (Lipinski definition) is 1. The molecule has 2 heterocycles. The van der Waals surface area contributed by atoms with Crippen molar-refractivity contribution in [1.29, 1.82) is 0 Å². The molecule has 1 amide bonds. The van der Waals surface area contributed by atoms with E-state index < -0.39 is 11.6 Å². The molecule has 0 saturated heterocycles. The third-order valence-corrected chi connectivity index (χ3v) is 4.79. The molecular formula is C19H24F2N4O2. The number of nitrogens with one attached hydrogen (secondary N) is 1. The van der Waals surface area contributed by atoms with E-state index in [9.17, 15) is 13.6 Å². The Labute approximate surface area is 157 Å². The van der Waals surface area contributed by atoms with Crippen molar-refractivity contribution in [3.63, 3.8) is 0 Å². The predicted molar refractivity (Wildman–Crippen MR) is 96.2 cm³/mol. The minimum atomic E-state index is -0.553. The largest absolute Gasteiger partial charge is 0.385 e. The molecule has 2 aromatic rings. The van der Waals surface area contributed by atoms with E-state index in [1.807, 2.05) is 11.9 Å². The summed E-state index contributed by atoms with van der Waals surface area (Å²) >= 11 is 0. The molecule has 1 N–H and O–H groups in total. The maximum absolute atomic E-state index is 14.0. The highest BCUT2D eigenvalue weighted by molar-refractivity contribution is 5.94. The van der Waals surface area contributed by atoms with Gasteiger partial charge >= 0.3 is 0 Å². The Balaban J connectivity index is 1.73. The SMILES string of the molecule is COCCCNC(=O)c1nn(C)c2c1CN(Cc1c(F)cccc1F)CC2. The lowest BCUT2D eigenvalue weighted by Gasteiger charge is -2.27. The van der Waals surface area contributed by atoms with Gasteiger partial charge in [0.15, 0.2) is 5.69 Å². The molecule has 0 bridgehead atoms. The molecule has 27 heavy (non-hydrogen) atoms. The summed E-state index contributed by atoms with van der Waals surface area (Å²) in [5, 5.41) is 7.21. The smallest absolute Gasteiger partial charge is 0.272 e. The molecule has 1 aliphatic rings. The van der Waals surface area contributed by atoms with E-state index in [0.29, 0.717) is 38.4 Å². The number of hydrogen-bond acceptors (Lipinski definition) is 4. The van der Waals surface area contributed by atoms with Crippen LogP contribution < -0.4 is 5.32 Å². The number of benzene rings is 1. The third kappa shape index (κ3) is 4.33. The number of carbonyl (C=O) groups excluding carboxylic acids is 1. The maximum atomic E-state index is 14.0. The van der Waals surface area contributed by atoms with Gasteiger partial charge in [-0.3, -0.25) is 14.4 Å². The van der Waals surface area contributed by atoms with Crippen LogP contribution in [0.5, 0.6) is 0 Å². The fourth-order valence-corrected chi connectivity index (χ4v) is 3.37. The number of ether oxygens (including phenoxy) is 1. The predicted octanol–water partition coefficient (Wildman–Crippen LogP) is 2.02. The van der Waals surface area contributed by atoms with Crippen LogP contribution in [-0.2, 0) is 31.3 Å². The van der Waals surface area contributed by atoms with Gasteiger partial charge in [-0.25, -0.2) is 8.78 Å². The summed E-state index contributed by atoms with van der Waals surface area (Å²) in [6.07, 6.45) is 1.39. The van der Waals surface area contributed by atoms with E-state index in [4.69, 9.17) is 4.74 Å². The van der Waals surface area contributed by atoms with Gasteiger partial charge in [0.25, 0.3) is 5.91 Å². The van der Waals surface area contributed by atoms with E-state index in [0.717, 1.165) is 17.7 Å². The van der Waals surface area contributed by atoms with Gasteiger partial charge in [-0.2, -0.15) is 5.10 Å².